The van der Waals surface area contributed by atoms with Crippen molar-refractivity contribution in [1.82, 2.24) is 19.9 Å². The first-order valence-electron chi connectivity index (χ1n) is 21.5. The molecule has 0 spiro atoms. The minimum atomic E-state index is -1.04. The Hall–Kier alpha value is -8.85. The standard InChI is InChI=1S/C54H48N4O11/c1-61-30-22-41(64-4)51(42(23-30)65-5)48-35-16-14-33(55-35)47(28-10-12-29(13-11-28)54(59)60)34-15-17-36(56-34)49(52-43(66-6)24-31(62-2)25-44(52)67-7)38-19-21-40(58-38)50(39-20-18-37(48)57-39)53-45(68-8)26-32(63-3)27-46(53)69-9/h10-27,55,58H,1-9H3,(H,59,60). The number of H-pyrrole nitrogens is 2. The molecule has 2 aliphatic rings. The predicted octanol–water partition coefficient (Wildman–Crippen LogP) is 11.1. The van der Waals surface area contributed by atoms with E-state index in [-0.39, 0.29) is 5.56 Å². The summed E-state index contributed by atoms with van der Waals surface area (Å²) in [5, 5.41) is 9.87. The molecule has 0 amide bonds. The van der Waals surface area contributed by atoms with E-state index >= 15 is 0 Å². The van der Waals surface area contributed by atoms with Crippen molar-refractivity contribution in [1.29, 1.82) is 0 Å². The van der Waals surface area contributed by atoms with Crippen LogP contribution in [0.15, 0.2) is 84.9 Å². The molecule has 8 bridgehead atoms. The van der Waals surface area contributed by atoms with Gasteiger partial charge in [-0.2, -0.15) is 0 Å². The topological polar surface area (TPSA) is 178 Å². The molecule has 3 aromatic heterocycles. The number of aromatic nitrogens is 4. The number of benzene rings is 4. The Bertz CT molecular complexity index is 3270. The molecule has 15 heteroatoms. The van der Waals surface area contributed by atoms with Crippen molar-refractivity contribution in [3.63, 3.8) is 0 Å². The van der Waals surface area contributed by atoms with Crippen LogP contribution in [0.1, 0.15) is 33.1 Å². The Morgan fingerprint density at radius 2 is 0.652 bits per heavy atom. The second-order valence-electron chi connectivity index (χ2n) is 15.6. The number of fused-ring (bicyclic) bond motifs is 8. The Kier molecular flexibility index (Phi) is 12.3. The molecule has 5 heterocycles. The van der Waals surface area contributed by atoms with Crippen molar-refractivity contribution >= 4 is 52.3 Å². The van der Waals surface area contributed by atoms with Crippen LogP contribution < -0.4 is 42.6 Å². The highest BCUT2D eigenvalue weighted by molar-refractivity contribution is 6.03. The molecule has 350 valence electrons. The van der Waals surface area contributed by atoms with Crippen LogP contribution in [0.3, 0.4) is 0 Å². The average Bonchev–Trinajstić information content (AvgIpc) is 4.24. The average molecular weight is 929 g/mol. The monoisotopic (exact) mass is 928 g/mol. The number of hydrogen-bond donors (Lipinski definition) is 3. The van der Waals surface area contributed by atoms with E-state index in [1.165, 1.54) is 0 Å². The molecule has 0 radical (unpaired) electrons. The number of carbonyl (C=O) groups is 1. The fourth-order valence-electron chi connectivity index (χ4n) is 8.83. The second kappa shape index (κ2) is 18.8. The number of ether oxygens (including phenoxy) is 9. The molecule has 2 aliphatic heterocycles. The van der Waals surface area contributed by atoms with Crippen molar-refractivity contribution in [3.8, 4) is 96.3 Å². The zero-order chi connectivity index (χ0) is 48.5. The van der Waals surface area contributed by atoms with E-state index in [4.69, 9.17) is 52.6 Å². The van der Waals surface area contributed by atoms with Crippen LogP contribution in [-0.2, 0) is 0 Å². The zero-order valence-electron chi connectivity index (χ0n) is 39.3. The lowest BCUT2D eigenvalue weighted by Gasteiger charge is -2.17. The van der Waals surface area contributed by atoms with Crippen LogP contribution in [0.4, 0.5) is 0 Å². The van der Waals surface area contributed by atoms with E-state index < -0.39 is 5.97 Å². The number of aromatic amines is 2. The summed E-state index contributed by atoms with van der Waals surface area (Å²) in [7, 11) is 14.3. The van der Waals surface area contributed by atoms with Gasteiger partial charge < -0.3 is 57.7 Å². The second-order valence-corrected chi connectivity index (χ2v) is 15.6. The molecule has 3 N–H and O–H groups in total. The molecule has 0 unspecified atom stereocenters. The number of carboxylic acids is 1. The smallest absolute Gasteiger partial charge is 0.335 e. The summed E-state index contributed by atoms with van der Waals surface area (Å²) in [6.07, 6.45) is 7.72. The third-order valence-corrected chi connectivity index (χ3v) is 12.1. The van der Waals surface area contributed by atoms with E-state index in [9.17, 15) is 9.90 Å². The van der Waals surface area contributed by atoms with Gasteiger partial charge in [-0.3, -0.25) is 0 Å². The first-order valence-corrected chi connectivity index (χ1v) is 21.5. The van der Waals surface area contributed by atoms with Gasteiger partial charge >= 0.3 is 5.97 Å². The SMILES string of the molecule is COc1cc(OC)c(-c2c3nc(c(-c4c(OC)cc(OC)cc4OC)c4ccc([nH]4)c(-c4c(OC)cc(OC)cc4OC)c4nc(c(-c5ccc(C(=O)O)cc5)c5ccc2[nH]5)C=C4)C=C3)c(OC)c1. The molecule has 0 saturated carbocycles. The molecule has 69 heavy (non-hydrogen) atoms. The van der Waals surface area contributed by atoms with Crippen LogP contribution in [0.25, 0.3) is 90.9 Å². The summed E-state index contributed by atoms with van der Waals surface area (Å²) in [6.45, 7) is 0. The lowest BCUT2D eigenvalue weighted by Crippen LogP contribution is -1.98. The lowest BCUT2D eigenvalue weighted by atomic mass is 10.0. The molecule has 15 nitrogen and oxygen atoms in total. The van der Waals surface area contributed by atoms with Crippen molar-refractivity contribution in [3.05, 3.63) is 113 Å². The van der Waals surface area contributed by atoms with Gasteiger partial charge in [0.1, 0.15) is 51.7 Å². The van der Waals surface area contributed by atoms with E-state index in [0.717, 1.165) is 0 Å². The van der Waals surface area contributed by atoms with Gasteiger partial charge in [-0.25, -0.2) is 14.8 Å². The normalized spacial score (nSPS) is 11.6. The van der Waals surface area contributed by atoms with Gasteiger partial charge in [0.2, 0.25) is 0 Å². The van der Waals surface area contributed by atoms with Gasteiger partial charge in [-0.15, -0.1) is 0 Å². The van der Waals surface area contributed by atoms with E-state index in [2.05, 4.69) is 9.97 Å². The minimum Gasteiger partial charge on any atom is -0.496 e. The molecule has 0 saturated heterocycles. The summed E-state index contributed by atoms with van der Waals surface area (Å²) in [4.78, 5) is 30.3. The molecule has 0 aliphatic carbocycles. The third kappa shape index (κ3) is 8.03. The maximum absolute atomic E-state index is 12.1. The lowest BCUT2D eigenvalue weighted by molar-refractivity contribution is 0.0697. The number of carboxylic acid groups (broad SMARTS) is 1. The molecule has 7 aromatic rings. The van der Waals surface area contributed by atoms with Crippen molar-refractivity contribution in [2.75, 3.05) is 64.0 Å². The van der Waals surface area contributed by atoms with Crippen molar-refractivity contribution < 1.29 is 52.5 Å². The Morgan fingerprint density at radius 1 is 0.377 bits per heavy atom. The van der Waals surface area contributed by atoms with Crippen molar-refractivity contribution in [2.45, 2.75) is 0 Å². The van der Waals surface area contributed by atoms with Crippen LogP contribution in [0, 0.1) is 0 Å². The van der Waals surface area contributed by atoms with Gasteiger partial charge in [0.15, 0.2) is 0 Å². The van der Waals surface area contributed by atoms with Gasteiger partial charge in [-0.1, -0.05) is 12.1 Å². The maximum Gasteiger partial charge on any atom is 0.335 e. The molecule has 4 aromatic carbocycles. The maximum atomic E-state index is 12.1. The molecule has 0 atom stereocenters. The van der Waals surface area contributed by atoms with Crippen LogP contribution >= 0.6 is 0 Å². The number of hydrogen-bond acceptors (Lipinski definition) is 12. The number of nitrogens with one attached hydrogen (secondary N) is 2. The molecular formula is C54H48N4O11. The van der Waals surface area contributed by atoms with E-state index in [1.807, 2.05) is 48.6 Å². The van der Waals surface area contributed by atoms with Crippen LogP contribution in [0.2, 0.25) is 0 Å². The summed E-state index contributed by atoms with van der Waals surface area (Å²) < 4.78 is 53.5. The molecule has 9 rings (SSSR count). The van der Waals surface area contributed by atoms with Crippen LogP contribution in [0.5, 0.6) is 51.7 Å². The van der Waals surface area contributed by atoms with Crippen LogP contribution in [-0.4, -0.2) is 95.0 Å². The summed E-state index contributed by atoms with van der Waals surface area (Å²) in [6, 6.07) is 25.3. The summed E-state index contributed by atoms with van der Waals surface area (Å²) in [5.74, 6) is 3.36. The van der Waals surface area contributed by atoms with E-state index in [1.54, 1.807) is 125 Å². The minimum absolute atomic E-state index is 0.140. The number of methoxy groups -OCH3 is 9. The highest BCUT2D eigenvalue weighted by Gasteiger charge is 2.27. The number of rotatable bonds is 14. The van der Waals surface area contributed by atoms with Gasteiger partial charge in [0, 0.05) is 80.7 Å². The Labute approximate surface area is 397 Å². The van der Waals surface area contributed by atoms with Gasteiger partial charge in [0.25, 0.3) is 0 Å². The Morgan fingerprint density at radius 3 is 0.913 bits per heavy atom. The van der Waals surface area contributed by atoms with Gasteiger partial charge in [0.05, 0.1) is 109 Å². The molecule has 0 fully saturated rings. The first-order chi connectivity index (χ1) is 33.6. The number of aromatic carboxylic acids is 1. The third-order valence-electron chi connectivity index (χ3n) is 12.1. The summed E-state index contributed by atoms with van der Waals surface area (Å²) in [5.41, 5.74) is 10.1. The predicted molar refractivity (Wildman–Crippen MR) is 267 cm³/mol. The zero-order valence-corrected chi connectivity index (χ0v) is 39.3. The van der Waals surface area contributed by atoms with Crippen molar-refractivity contribution in [2.24, 2.45) is 0 Å². The van der Waals surface area contributed by atoms with Gasteiger partial charge in [-0.05, 0) is 66.3 Å². The number of nitrogens with zero attached hydrogens (tertiary/aromatic N) is 2. The van der Waals surface area contributed by atoms with E-state index in [0.29, 0.717) is 141 Å². The fraction of sp³-hybridized carbons (Fsp3) is 0.167. The first kappa shape index (κ1) is 45.3. The largest absolute Gasteiger partial charge is 0.496 e. The quantitative estimate of drug-likeness (QED) is 0.0939. The highest BCUT2D eigenvalue weighted by atomic mass is 16.5. The summed E-state index contributed by atoms with van der Waals surface area (Å²) >= 11 is 0. The Balaban J connectivity index is 1.54. The molecular weight excluding hydrogens is 881 g/mol. The fourth-order valence-corrected chi connectivity index (χ4v) is 8.83. The highest BCUT2D eigenvalue weighted by Crippen LogP contribution is 2.50.